The number of aromatic nitrogens is 1. The number of rotatable bonds is 2. The molecule has 4 heteroatoms. The van der Waals surface area contributed by atoms with Crippen LogP contribution in [0.15, 0.2) is 24.4 Å². The van der Waals surface area contributed by atoms with Gasteiger partial charge in [0.25, 0.3) is 0 Å². The third-order valence-corrected chi connectivity index (χ3v) is 4.65. The molecular formula is C15H21N3O. The van der Waals surface area contributed by atoms with Gasteiger partial charge in [-0.2, -0.15) is 0 Å². The summed E-state index contributed by atoms with van der Waals surface area (Å²) in [6, 6.07) is 6.05. The van der Waals surface area contributed by atoms with Gasteiger partial charge in [-0.25, -0.2) is 0 Å². The molecule has 1 aromatic rings. The molecule has 2 saturated heterocycles. The lowest BCUT2D eigenvalue weighted by molar-refractivity contribution is -0.137. The minimum Gasteiger partial charge on any atom is -0.345 e. The van der Waals surface area contributed by atoms with E-state index in [1.165, 1.54) is 0 Å². The Morgan fingerprint density at radius 2 is 1.95 bits per heavy atom. The van der Waals surface area contributed by atoms with Gasteiger partial charge in [-0.1, -0.05) is 6.07 Å². The van der Waals surface area contributed by atoms with Gasteiger partial charge in [-0.15, -0.1) is 0 Å². The molecule has 1 spiro atoms. The number of hydrogen-bond acceptors (Lipinski definition) is 3. The van der Waals surface area contributed by atoms with Gasteiger partial charge in [0.15, 0.2) is 0 Å². The Bertz CT molecular complexity index is 452. The fraction of sp³-hybridized carbons (Fsp3) is 0.600. The number of likely N-dealkylation sites (tertiary alicyclic amines) is 2. The van der Waals surface area contributed by atoms with Crippen molar-refractivity contribution in [1.82, 2.24) is 14.8 Å². The molecule has 0 atom stereocenters. The zero-order valence-corrected chi connectivity index (χ0v) is 11.5. The van der Waals surface area contributed by atoms with E-state index in [2.05, 4.69) is 16.0 Å². The van der Waals surface area contributed by atoms with E-state index in [-0.39, 0.29) is 5.41 Å². The number of pyridine rings is 1. The van der Waals surface area contributed by atoms with Crippen LogP contribution in [0.2, 0.25) is 0 Å². The molecule has 0 radical (unpaired) electrons. The van der Waals surface area contributed by atoms with Crippen LogP contribution in [0.4, 0.5) is 0 Å². The summed E-state index contributed by atoms with van der Waals surface area (Å²) in [6.45, 7) is 3.85. The Balaban J connectivity index is 1.60. The minimum atomic E-state index is -0.0463. The normalized spacial score (nSPS) is 23.2. The summed E-state index contributed by atoms with van der Waals surface area (Å²) in [5.41, 5.74) is 1.07. The van der Waals surface area contributed by atoms with Crippen molar-refractivity contribution in [2.75, 3.05) is 26.7 Å². The van der Waals surface area contributed by atoms with Gasteiger partial charge < -0.3 is 4.90 Å². The molecule has 3 heterocycles. The van der Waals surface area contributed by atoms with Crippen LogP contribution in [0.25, 0.3) is 0 Å². The molecule has 2 aliphatic rings. The van der Waals surface area contributed by atoms with E-state index in [1.807, 2.05) is 30.3 Å². The highest BCUT2D eigenvalue weighted by Crippen LogP contribution is 2.41. The topological polar surface area (TPSA) is 36.4 Å². The smallest absolute Gasteiger partial charge is 0.228 e. The molecule has 0 saturated carbocycles. The molecule has 0 aliphatic carbocycles. The van der Waals surface area contributed by atoms with Gasteiger partial charge in [0, 0.05) is 26.3 Å². The summed E-state index contributed by atoms with van der Waals surface area (Å²) in [5.74, 6) is 0.366. The van der Waals surface area contributed by atoms with Gasteiger partial charge in [-0.05, 0) is 44.5 Å². The van der Waals surface area contributed by atoms with Crippen molar-refractivity contribution in [2.45, 2.75) is 25.8 Å². The second-order valence-corrected chi connectivity index (χ2v) is 5.85. The highest BCUT2D eigenvalue weighted by molar-refractivity contribution is 5.84. The molecule has 1 aromatic heterocycles. The molecule has 19 heavy (non-hydrogen) atoms. The van der Waals surface area contributed by atoms with Crippen LogP contribution >= 0.6 is 0 Å². The Morgan fingerprint density at radius 1 is 1.21 bits per heavy atom. The van der Waals surface area contributed by atoms with Crippen LogP contribution in [0, 0.1) is 5.41 Å². The number of hydrogen-bond donors (Lipinski definition) is 0. The van der Waals surface area contributed by atoms with Crippen molar-refractivity contribution in [3.63, 3.8) is 0 Å². The van der Waals surface area contributed by atoms with Crippen LogP contribution in [0.5, 0.6) is 0 Å². The summed E-state index contributed by atoms with van der Waals surface area (Å²) >= 11 is 0. The summed E-state index contributed by atoms with van der Waals surface area (Å²) < 4.78 is 0. The van der Waals surface area contributed by atoms with E-state index in [1.54, 1.807) is 0 Å². The Hall–Kier alpha value is -1.42. The standard InChI is InChI=1S/C15H21N3O/c1-17-9-5-15(14(17)19)6-10-18(11-7-15)12-13-4-2-3-8-16-13/h2-4,8H,5-7,9-12H2,1H3. The van der Waals surface area contributed by atoms with E-state index >= 15 is 0 Å². The number of carbonyl (C=O) groups is 1. The average Bonchev–Trinajstić information content (AvgIpc) is 2.72. The second kappa shape index (κ2) is 4.93. The van der Waals surface area contributed by atoms with E-state index in [0.29, 0.717) is 5.91 Å². The monoisotopic (exact) mass is 259 g/mol. The lowest BCUT2D eigenvalue weighted by Crippen LogP contribution is -2.43. The van der Waals surface area contributed by atoms with Gasteiger partial charge in [0.05, 0.1) is 11.1 Å². The van der Waals surface area contributed by atoms with Gasteiger partial charge in [0.1, 0.15) is 0 Å². The highest BCUT2D eigenvalue weighted by atomic mass is 16.2. The van der Waals surface area contributed by atoms with Crippen LogP contribution < -0.4 is 0 Å². The Kier molecular flexibility index (Phi) is 3.27. The molecule has 1 amide bonds. The van der Waals surface area contributed by atoms with Gasteiger partial charge in [-0.3, -0.25) is 14.7 Å². The van der Waals surface area contributed by atoms with Crippen LogP contribution in [0.3, 0.4) is 0 Å². The number of amides is 1. The highest BCUT2D eigenvalue weighted by Gasteiger charge is 2.46. The molecule has 0 unspecified atom stereocenters. The largest absolute Gasteiger partial charge is 0.345 e. The zero-order chi connectivity index (χ0) is 13.3. The average molecular weight is 259 g/mol. The summed E-state index contributed by atoms with van der Waals surface area (Å²) in [4.78, 5) is 20.9. The molecule has 2 aliphatic heterocycles. The molecular weight excluding hydrogens is 238 g/mol. The number of carbonyl (C=O) groups excluding carboxylic acids is 1. The Labute approximate surface area is 114 Å². The minimum absolute atomic E-state index is 0.0463. The predicted molar refractivity (Wildman–Crippen MR) is 73.4 cm³/mol. The molecule has 0 N–H and O–H groups in total. The van der Waals surface area contributed by atoms with Crippen molar-refractivity contribution < 1.29 is 4.79 Å². The molecule has 0 bridgehead atoms. The maximum Gasteiger partial charge on any atom is 0.228 e. The van der Waals surface area contributed by atoms with Crippen LogP contribution in [0.1, 0.15) is 25.0 Å². The van der Waals surface area contributed by atoms with Crippen molar-refractivity contribution in [3.05, 3.63) is 30.1 Å². The van der Waals surface area contributed by atoms with Crippen molar-refractivity contribution >= 4 is 5.91 Å². The molecule has 102 valence electrons. The third kappa shape index (κ3) is 2.37. The van der Waals surface area contributed by atoms with Crippen LogP contribution in [-0.2, 0) is 11.3 Å². The number of nitrogens with zero attached hydrogens (tertiary/aromatic N) is 3. The first-order chi connectivity index (χ1) is 9.20. The predicted octanol–water partition coefficient (Wildman–Crippen LogP) is 1.53. The molecule has 0 aromatic carbocycles. The maximum absolute atomic E-state index is 12.2. The van der Waals surface area contributed by atoms with E-state index in [4.69, 9.17) is 0 Å². The first kappa shape index (κ1) is 12.6. The molecule has 4 nitrogen and oxygen atoms in total. The van der Waals surface area contributed by atoms with E-state index in [9.17, 15) is 4.79 Å². The summed E-state index contributed by atoms with van der Waals surface area (Å²) in [7, 11) is 1.93. The fourth-order valence-corrected chi connectivity index (χ4v) is 3.32. The summed E-state index contributed by atoms with van der Waals surface area (Å²) in [5, 5.41) is 0. The third-order valence-electron chi connectivity index (χ3n) is 4.65. The SMILES string of the molecule is CN1CCC2(CCN(Cc3ccccn3)CC2)C1=O. The van der Waals surface area contributed by atoms with E-state index in [0.717, 1.165) is 51.1 Å². The maximum atomic E-state index is 12.2. The Morgan fingerprint density at radius 3 is 2.53 bits per heavy atom. The van der Waals surface area contributed by atoms with E-state index < -0.39 is 0 Å². The quantitative estimate of drug-likeness (QED) is 0.808. The van der Waals surface area contributed by atoms with Crippen molar-refractivity contribution in [2.24, 2.45) is 5.41 Å². The van der Waals surface area contributed by atoms with Gasteiger partial charge in [0.2, 0.25) is 5.91 Å². The zero-order valence-electron chi connectivity index (χ0n) is 11.5. The number of piperidine rings is 1. The lowest BCUT2D eigenvalue weighted by Gasteiger charge is -2.37. The first-order valence-electron chi connectivity index (χ1n) is 7.07. The summed E-state index contributed by atoms with van der Waals surface area (Å²) in [6.07, 6.45) is 4.89. The molecule has 2 fully saturated rings. The van der Waals surface area contributed by atoms with Crippen molar-refractivity contribution in [1.29, 1.82) is 0 Å². The fourth-order valence-electron chi connectivity index (χ4n) is 3.32. The van der Waals surface area contributed by atoms with Gasteiger partial charge >= 0.3 is 0 Å². The van der Waals surface area contributed by atoms with Crippen LogP contribution in [-0.4, -0.2) is 47.4 Å². The second-order valence-electron chi connectivity index (χ2n) is 5.85. The molecule has 3 rings (SSSR count). The first-order valence-corrected chi connectivity index (χ1v) is 7.07. The van der Waals surface area contributed by atoms with Crippen molar-refractivity contribution in [3.8, 4) is 0 Å². The lowest BCUT2D eigenvalue weighted by atomic mass is 9.77.